The maximum atomic E-state index is 10.6. The van der Waals surface area contributed by atoms with Gasteiger partial charge in [0, 0.05) is 18.9 Å². The molecule has 1 atom stereocenters. The lowest BCUT2D eigenvalue weighted by molar-refractivity contribution is -0.140. The Hall–Kier alpha value is -1.65. The van der Waals surface area contributed by atoms with Crippen LogP contribution in [-0.2, 0) is 4.79 Å². The van der Waals surface area contributed by atoms with Crippen LogP contribution in [0.15, 0.2) is 12.4 Å². The Morgan fingerprint density at radius 3 is 2.65 bits per heavy atom. The molecule has 1 aromatic rings. The lowest BCUT2D eigenvalue weighted by Gasteiger charge is -2.24. The largest absolute Gasteiger partial charge is 0.481 e. The summed E-state index contributed by atoms with van der Waals surface area (Å²) in [6.45, 7) is 2.00. The first kappa shape index (κ1) is 11.8. The third-order valence-corrected chi connectivity index (χ3v) is 3.24. The highest BCUT2D eigenvalue weighted by atomic mass is 16.4. The average molecular weight is 235 g/mol. The van der Waals surface area contributed by atoms with Crippen LogP contribution < -0.4 is 5.32 Å². The normalized spacial score (nSPS) is 17.2. The van der Waals surface area contributed by atoms with Crippen LogP contribution in [0.4, 0.5) is 5.95 Å². The highest BCUT2D eigenvalue weighted by molar-refractivity contribution is 5.70. The summed E-state index contributed by atoms with van der Waals surface area (Å²) in [5.41, 5.74) is 1.19. The van der Waals surface area contributed by atoms with E-state index in [0.717, 1.165) is 0 Å². The van der Waals surface area contributed by atoms with Gasteiger partial charge in [0.25, 0.3) is 0 Å². The third-order valence-electron chi connectivity index (χ3n) is 3.24. The van der Waals surface area contributed by atoms with Crippen LogP contribution in [0.3, 0.4) is 0 Å². The molecule has 1 heterocycles. The van der Waals surface area contributed by atoms with Crippen molar-refractivity contribution in [3.05, 3.63) is 18.0 Å². The number of hydrogen-bond acceptors (Lipinski definition) is 4. The molecule has 0 bridgehead atoms. The van der Waals surface area contributed by atoms with Crippen LogP contribution in [0.2, 0.25) is 0 Å². The van der Waals surface area contributed by atoms with Crippen LogP contribution in [0.25, 0.3) is 0 Å². The van der Waals surface area contributed by atoms with Crippen LogP contribution >= 0.6 is 0 Å². The second kappa shape index (κ2) is 5.12. The van der Waals surface area contributed by atoms with Crippen molar-refractivity contribution < 1.29 is 9.90 Å². The Balaban J connectivity index is 1.87. The molecule has 0 radical (unpaired) electrons. The molecule has 0 aromatic carbocycles. The highest BCUT2D eigenvalue weighted by Crippen LogP contribution is 2.35. The number of carbonyl (C=O) groups is 1. The Labute approximate surface area is 100 Å². The quantitative estimate of drug-likeness (QED) is 0.815. The van der Waals surface area contributed by atoms with Crippen molar-refractivity contribution >= 4 is 11.9 Å². The van der Waals surface area contributed by atoms with Gasteiger partial charge in [-0.2, -0.15) is 0 Å². The molecule has 5 nitrogen and oxygen atoms in total. The fourth-order valence-electron chi connectivity index (χ4n) is 1.71. The van der Waals surface area contributed by atoms with Crippen LogP contribution in [0, 0.1) is 5.92 Å². The lowest BCUT2D eigenvalue weighted by atomic mass is 9.81. The molecule has 0 aliphatic heterocycles. The van der Waals surface area contributed by atoms with Gasteiger partial charge < -0.3 is 10.4 Å². The number of carboxylic acid groups (broad SMARTS) is 1. The second-order valence-corrected chi connectivity index (χ2v) is 4.59. The Morgan fingerprint density at radius 1 is 1.53 bits per heavy atom. The number of nitrogens with zero attached hydrogens (tertiary/aromatic N) is 2. The van der Waals surface area contributed by atoms with Crippen molar-refractivity contribution in [1.82, 2.24) is 9.97 Å². The molecule has 1 fully saturated rings. The van der Waals surface area contributed by atoms with Crippen LogP contribution in [0.1, 0.15) is 37.7 Å². The maximum absolute atomic E-state index is 10.6. The molecule has 0 spiro atoms. The number of aromatic nitrogens is 2. The molecule has 2 N–H and O–H groups in total. The summed E-state index contributed by atoms with van der Waals surface area (Å²) in [6, 6.07) is 0. The fourth-order valence-corrected chi connectivity index (χ4v) is 1.71. The van der Waals surface area contributed by atoms with Crippen molar-refractivity contribution in [2.45, 2.75) is 32.1 Å². The Bertz CT molecular complexity index is 387. The topological polar surface area (TPSA) is 75.1 Å². The van der Waals surface area contributed by atoms with Gasteiger partial charge in [-0.1, -0.05) is 13.3 Å². The van der Waals surface area contributed by atoms with E-state index < -0.39 is 11.9 Å². The van der Waals surface area contributed by atoms with Gasteiger partial charge in [-0.05, 0) is 24.3 Å². The van der Waals surface area contributed by atoms with Gasteiger partial charge in [-0.15, -0.1) is 0 Å². The van der Waals surface area contributed by atoms with E-state index in [1.165, 1.54) is 24.8 Å². The van der Waals surface area contributed by atoms with Gasteiger partial charge in [0.05, 0.1) is 5.92 Å². The zero-order chi connectivity index (χ0) is 12.3. The summed E-state index contributed by atoms with van der Waals surface area (Å²) >= 11 is 0. The molecule has 1 saturated carbocycles. The molecule has 1 unspecified atom stereocenters. The molecule has 5 heteroatoms. The van der Waals surface area contributed by atoms with Gasteiger partial charge >= 0.3 is 5.97 Å². The molecule has 92 valence electrons. The second-order valence-electron chi connectivity index (χ2n) is 4.59. The number of anilines is 1. The number of hydrogen-bond donors (Lipinski definition) is 2. The lowest BCUT2D eigenvalue weighted by Crippen LogP contribution is -2.20. The number of aliphatic carboxylic acids is 1. The third kappa shape index (κ3) is 2.93. The van der Waals surface area contributed by atoms with Crippen molar-refractivity contribution in [3.8, 4) is 0 Å². The van der Waals surface area contributed by atoms with Crippen LogP contribution in [-0.4, -0.2) is 27.6 Å². The number of nitrogens with one attached hydrogen (secondary N) is 1. The molecule has 1 aliphatic carbocycles. The molecule has 17 heavy (non-hydrogen) atoms. The molecule has 1 aromatic heterocycles. The summed E-state index contributed by atoms with van der Waals surface area (Å²) in [7, 11) is 0. The molecular weight excluding hydrogens is 218 g/mol. The zero-order valence-corrected chi connectivity index (χ0v) is 9.89. The standard InChI is InChI=1S/C12H17N3O2/c1-8(11(16)17)5-13-12-14-6-10(7-15-12)9-3-2-4-9/h6-9H,2-5H2,1H3,(H,16,17)(H,13,14,15). The summed E-state index contributed by atoms with van der Waals surface area (Å²) in [6.07, 6.45) is 7.42. The van der Waals surface area contributed by atoms with Gasteiger partial charge in [0.1, 0.15) is 0 Å². The number of rotatable bonds is 5. The first-order valence-corrected chi connectivity index (χ1v) is 5.95. The molecule has 2 rings (SSSR count). The van der Waals surface area contributed by atoms with Crippen LogP contribution in [0.5, 0.6) is 0 Å². The van der Waals surface area contributed by atoms with E-state index in [4.69, 9.17) is 5.11 Å². The van der Waals surface area contributed by atoms with Crippen molar-refractivity contribution in [2.24, 2.45) is 5.92 Å². The predicted molar refractivity (Wildman–Crippen MR) is 63.9 cm³/mol. The average Bonchev–Trinajstić information content (AvgIpc) is 2.25. The fraction of sp³-hybridized carbons (Fsp3) is 0.583. The van der Waals surface area contributed by atoms with Gasteiger partial charge in [-0.3, -0.25) is 4.79 Å². The Morgan fingerprint density at radius 2 is 2.18 bits per heavy atom. The van der Waals surface area contributed by atoms with Gasteiger partial charge in [0.2, 0.25) is 5.95 Å². The van der Waals surface area contributed by atoms with E-state index in [1.54, 1.807) is 6.92 Å². The van der Waals surface area contributed by atoms with Crippen molar-refractivity contribution in [1.29, 1.82) is 0 Å². The zero-order valence-electron chi connectivity index (χ0n) is 9.89. The maximum Gasteiger partial charge on any atom is 0.308 e. The Kier molecular flexibility index (Phi) is 3.56. The SMILES string of the molecule is CC(CNc1ncc(C2CCC2)cn1)C(=O)O. The molecular formula is C12H17N3O2. The monoisotopic (exact) mass is 235 g/mol. The molecule has 1 aliphatic rings. The minimum atomic E-state index is -0.816. The summed E-state index contributed by atoms with van der Waals surface area (Å²) in [5.74, 6) is -0.128. The van der Waals surface area contributed by atoms with E-state index in [9.17, 15) is 4.79 Å². The van der Waals surface area contributed by atoms with E-state index in [1.807, 2.05) is 12.4 Å². The highest BCUT2D eigenvalue weighted by Gasteiger charge is 2.20. The summed E-state index contributed by atoms with van der Waals surface area (Å²) < 4.78 is 0. The molecule has 0 amide bonds. The van der Waals surface area contributed by atoms with E-state index >= 15 is 0 Å². The van der Waals surface area contributed by atoms with Gasteiger partial charge in [-0.25, -0.2) is 9.97 Å². The van der Waals surface area contributed by atoms with E-state index in [-0.39, 0.29) is 0 Å². The minimum absolute atomic E-state index is 0.345. The van der Waals surface area contributed by atoms with E-state index in [2.05, 4.69) is 15.3 Å². The summed E-state index contributed by atoms with van der Waals surface area (Å²) in [4.78, 5) is 19.0. The predicted octanol–water partition coefficient (Wildman–Crippen LogP) is 1.88. The number of carboxylic acids is 1. The minimum Gasteiger partial charge on any atom is -0.481 e. The van der Waals surface area contributed by atoms with Crippen molar-refractivity contribution in [2.75, 3.05) is 11.9 Å². The summed E-state index contributed by atoms with van der Waals surface area (Å²) in [5, 5.41) is 11.7. The molecule has 0 saturated heterocycles. The van der Waals surface area contributed by atoms with Gasteiger partial charge in [0.15, 0.2) is 0 Å². The first-order chi connectivity index (χ1) is 8.16. The van der Waals surface area contributed by atoms with Crippen molar-refractivity contribution in [3.63, 3.8) is 0 Å². The first-order valence-electron chi connectivity index (χ1n) is 5.95. The smallest absolute Gasteiger partial charge is 0.308 e. The van der Waals surface area contributed by atoms with E-state index in [0.29, 0.717) is 18.4 Å².